The summed E-state index contributed by atoms with van der Waals surface area (Å²) in [7, 11) is 0. The number of fused-ring (bicyclic) bond motifs is 2. The van der Waals surface area contributed by atoms with Crippen molar-refractivity contribution in [3.05, 3.63) is 69.8 Å². The lowest BCUT2D eigenvalue weighted by Crippen LogP contribution is -2.22. The molecule has 0 amide bonds. The fourth-order valence-corrected chi connectivity index (χ4v) is 2.14. The minimum Gasteiger partial charge on any atom is -0.289 e. The minimum atomic E-state index is -1.30. The molecule has 6 heteroatoms. The van der Waals surface area contributed by atoms with Crippen molar-refractivity contribution in [3.63, 3.8) is 0 Å². The van der Waals surface area contributed by atoms with E-state index in [2.05, 4.69) is 0 Å². The predicted molar refractivity (Wildman–Crippen MR) is 59.6 cm³/mol. The van der Waals surface area contributed by atoms with Gasteiger partial charge in [0.1, 0.15) is 0 Å². The largest absolute Gasteiger partial charge is 0.289 e. The van der Waals surface area contributed by atoms with Crippen molar-refractivity contribution in [2.24, 2.45) is 0 Å². The molecule has 0 radical (unpaired) electrons. The van der Waals surface area contributed by atoms with Crippen molar-refractivity contribution in [2.75, 3.05) is 0 Å². The van der Waals surface area contributed by atoms with Crippen molar-refractivity contribution in [1.82, 2.24) is 0 Å². The van der Waals surface area contributed by atoms with E-state index < -0.39 is 34.8 Å². The molecule has 1 aliphatic carbocycles. The van der Waals surface area contributed by atoms with E-state index in [-0.39, 0.29) is 22.3 Å². The van der Waals surface area contributed by atoms with E-state index in [1.165, 1.54) is 0 Å². The van der Waals surface area contributed by atoms with Crippen LogP contribution in [0.2, 0.25) is 0 Å². The highest BCUT2D eigenvalue weighted by molar-refractivity contribution is 6.28. The maximum atomic E-state index is 13.2. The lowest BCUT2D eigenvalue weighted by molar-refractivity contribution is 0.0977. The van der Waals surface area contributed by atoms with E-state index in [1.807, 2.05) is 0 Å². The van der Waals surface area contributed by atoms with Crippen LogP contribution in [0.5, 0.6) is 0 Å². The number of carbonyl (C=O) groups excluding carboxylic acids is 2. The van der Waals surface area contributed by atoms with Gasteiger partial charge in [0.15, 0.2) is 34.8 Å². The molecule has 0 heterocycles. The Morgan fingerprint density at radius 1 is 0.500 bits per heavy atom. The van der Waals surface area contributed by atoms with Crippen molar-refractivity contribution in [2.45, 2.75) is 0 Å². The molecular formula is C14H4F4O2. The van der Waals surface area contributed by atoms with Crippen LogP contribution in [-0.4, -0.2) is 11.6 Å². The average Bonchev–Trinajstić information content (AvgIpc) is 2.41. The summed E-state index contributed by atoms with van der Waals surface area (Å²) in [4.78, 5) is 24.1. The number of benzene rings is 2. The van der Waals surface area contributed by atoms with Gasteiger partial charge in [-0.1, -0.05) is 0 Å². The highest BCUT2D eigenvalue weighted by Gasteiger charge is 2.32. The Kier molecular flexibility index (Phi) is 2.50. The first-order valence-corrected chi connectivity index (χ1v) is 5.47. The maximum Gasteiger partial charge on any atom is 0.194 e. The number of hydrogen-bond acceptors (Lipinski definition) is 2. The molecule has 0 saturated carbocycles. The molecule has 0 N–H and O–H groups in total. The van der Waals surface area contributed by atoms with Crippen LogP contribution in [-0.2, 0) is 0 Å². The SMILES string of the molecule is O=C1c2cc(F)c(F)cc2C(=O)c2cc(F)c(F)cc21. The lowest BCUT2D eigenvalue weighted by atomic mass is 9.84. The first-order chi connectivity index (χ1) is 9.40. The normalized spacial score (nSPS) is 13.2. The fourth-order valence-electron chi connectivity index (χ4n) is 2.14. The van der Waals surface area contributed by atoms with E-state index in [0.717, 1.165) is 0 Å². The van der Waals surface area contributed by atoms with Crippen LogP contribution in [0.25, 0.3) is 0 Å². The van der Waals surface area contributed by atoms with Crippen LogP contribution in [0, 0.1) is 23.3 Å². The van der Waals surface area contributed by atoms with Crippen LogP contribution in [0.1, 0.15) is 31.8 Å². The van der Waals surface area contributed by atoms with Gasteiger partial charge in [-0.15, -0.1) is 0 Å². The Morgan fingerprint density at radius 2 is 0.700 bits per heavy atom. The highest BCUT2D eigenvalue weighted by atomic mass is 19.2. The zero-order valence-electron chi connectivity index (χ0n) is 9.64. The highest BCUT2D eigenvalue weighted by Crippen LogP contribution is 2.30. The van der Waals surface area contributed by atoms with Crippen LogP contribution in [0.3, 0.4) is 0 Å². The lowest BCUT2D eigenvalue weighted by Gasteiger charge is -2.17. The molecule has 0 fully saturated rings. The molecule has 0 unspecified atom stereocenters. The molecule has 100 valence electrons. The first-order valence-electron chi connectivity index (χ1n) is 5.47. The second-order valence-corrected chi connectivity index (χ2v) is 4.28. The molecule has 1 aliphatic rings. The zero-order chi connectivity index (χ0) is 14.6. The van der Waals surface area contributed by atoms with Gasteiger partial charge in [0.25, 0.3) is 0 Å². The third kappa shape index (κ3) is 1.57. The number of ketones is 2. The van der Waals surface area contributed by atoms with Crippen LogP contribution in [0.4, 0.5) is 17.6 Å². The van der Waals surface area contributed by atoms with Gasteiger partial charge in [-0.3, -0.25) is 9.59 Å². The van der Waals surface area contributed by atoms with Crippen molar-refractivity contribution in [3.8, 4) is 0 Å². The molecule has 2 nitrogen and oxygen atoms in total. The molecule has 0 atom stereocenters. The number of hydrogen-bond donors (Lipinski definition) is 0. The number of halogens is 4. The summed E-state index contributed by atoms with van der Waals surface area (Å²) >= 11 is 0. The monoisotopic (exact) mass is 280 g/mol. The molecule has 3 rings (SSSR count). The first kappa shape index (κ1) is 12.5. The topological polar surface area (TPSA) is 34.1 Å². The molecule has 2 aromatic rings. The summed E-state index contributed by atoms with van der Waals surface area (Å²) in [6.07, 6.45) is 0. The van der Waals surface area contributed by atoms with Gasteiger partial charge in [-0.25, -0.2) is 17.6 Å². The zero-order valence-corrected chi connectivity index (χ0v) is 9.64. The van der Waals surface area contributed by atoms with Gasteiger partial charge < -0.3 is 0 Å². The van der Waals surface area contributed by atoms with Gasteiger partial charge in [-0.05, 0) is 24.3 Å². The Hall–Kier alpha value is -2.50. The van der Waals surface area contributed by atoms with Gasteiger partial charge >= 0.3 is 0 Å². The third-order valence-electron chi connectivity index (χ3n) is 3.10. The van der Waals surface area contributed by atoms with Gasteiger partial charge in [0, 0.05) is 22.3 Å². The maximum absolute atomic E-state index is 13.2. The van der Waals surface area contributed by atoms with E-state index in [1.54, 1.807) is 0 Å². The molecule has 0 bridgehead atoms. The standard InChI is InChI=1S/C14H4F4O2/c15-9-1-5-6(2-10(9)16)14(20)8-4-12(18)11(17)3-7(8)13(5)19/h1-4H. The van der Waals surface area contributed by atoms with E-state index >= 15 is 0 Å². The fraction of sp³-hybridized carbons (Fsp3) is 0. The second-order valence-electron chi connectivity index (χ2n) is 4.28. The average molecular weight is 280 g/mol. The predicted octanol–water partition coefficient (Wildman–Crippen LogP) is 3.02. The molecule has 0 saturated heterocycles. The molecule has 0 aromatic heterocycles. The minimum absolute atomic E-state index is 0.368. The van der Waals surface area contributed by atoms with Gasteiger partial charge in [0.05, 0.1) is 0 Å². The Balaban J connectivity index is 2.33. The summed E-state index contributed by atoms with van der Waals surface area (Å²) in [5.74, 6) is -6.89. The van der Waals surface area contributed by atoms with Crippen LogP contribution in [0.15, 0.2) is 24.3 Å². The van der Waals surface area contributed by atoms with E-state index in [0.29, 0.717) is 24.3 Å². The van der Waals surface area contributed by atoms with Crippen molar-refractivity contribution < 1.29 is 27.2 Å². The Bertz CT molecular complexity index is 667. The molecular weight excluding hydrogens is 276 g/mol. The smallest absolute Gasteiger partial charge is 0.194 e. The van der Waals surface area contributed by atoms with E-state index in [4.69, 9.17) is 0 Å². The summed E-state index contributed by atoms with van der Waals surface area (Å²) in [6, 6.07) is 2.31. The second kappa shape index (κ2) is 4.00. The molecule has 20 heavy (non-hydrogen) atoms. The molecule has 2 aromatic carbocycles. The third-order valence-corrected chi connectivity index (χ3v) is 3.10. The molecule has 0 aliphatic heterocycles. The Labute approximate surface area is 109 Å². The number of rotatable bonds is 0. The van der Waals surface area contributed by atoms with E-state index in [9.17, 15) is 27.2 Å². The number of carbonyl (C=O) groups is 2. The summed E-state index contributed by atoms with van der Waals surface area (Å²) in [5, 5.41) is 0. The quantitative estimate of drug-likeness (QED) is 0.593. The van der Waals surface area contributed by atoms with Crippen molar-refractivity contribution in [1.29, 1.82) is 0 Å². The Morgan fingerprint density at radius 3 is 0.900 bits per heavy atom. The molecule has 0 spiro atoms. The van der Waals surface area contributed by atoms with Gasteiger partial charge in [-0.2, -0.15) is 0 Å². The van der Waals surface area contributed by atoms with Crippen LogP contribution >= 0.6 is 0 Å². The summed E-state index contributed by atoms with van der Waals surface area (Å²) < 4.78 is 52.6. The summed E-state index contributed by atoms with van der Waals surface area (Å²) in [5.41, 5.74) is -1.47. The van der Waals surface area contributed by atoms with Crippen LogP contribution < -0.4 is 0 Å². The van der Waals surface area contributed by atoms with Crippen molar-refractivity contribution >= 4 is 11.6 Å². The van der Waals surface area contributed by atoms with Gasteiger partial charge in [0.2, 0.25) is 0 Å². The summed E-state index contributed by atoms with van der Waals surface area (Å²) in [6.45, 7) is 0.